The third-order valence-corrected chi connectivity index (χ3v) is 10.5. The zero-order chi connectivity index (χ0) is 28.1. The third kappa shape index (κ3) is 3.41. The minimum atomic E-state index is -1.15. The highest BCUT2D eigenvalue weighted by atomic mass is 16.7. The van der Waals surface area contributed by atoms with Crippen LogP contribution in [0.25, 0.3) is 0 Å². The van der Waals surface area contributed by atoms with Gasteiger partial charge in [0.25, 0.3) is 0 Å². The minimum Gasteiger partial charge on any atom is -0.495 e. The number of aliphatic hydroxyl groups is 1. The van der Waals surface area contributed by atoms with Crippen molar-refractivity contribution in [1.29, 1.82) is 0 Å². The summed E-state index contributed by atoms with van der Waals surface area (Å²) in [6.45, 7) is 5.83. The maximum absolute atomic E-state index is 13.5. The van der Waals surface area contributed by atoms with Crippen LogP contribution in [0, 0.1) is 10.8 Å². The standard InChI is InChI=1S/C29H34O11/c1-15-10-20-27(12-18(15)37-16(2)30)13-35-25(33)24-28(40-24)8-9-34-17(23(28)32)6-4-5-7-22(31)39-19-11-21(38-20)29(14-36-29)26(19,27)3/h5-7,10,18-21,23-24,32H,4,8-9,11-14H2,1-3H3/b7-5-,17-6-/t18-,19+,20+,21+,23-,24+,26+,27+,28+,29?/m0/s1. The molecule has 0 aromatic heterocycles. The summed E-state index contributed by atoms with van der Waals surface area (Å²) in [7, 11) is 0. The Hall–Kier alpha value is -2.73. The number of carbonyl (C=O) groups is 3. The second-order valence-electron chi connectivity index (χ2n) is 12.3. The average molecular weight is 559 g/mol. The molecular formula is C29H34O11. The molecule has 5 fully saturated rings. The van der Waals surface area contributed by atoms with E-state index in [-0.39, 0.29) is 25.7 Å². The van der Waals surface area contributed by atoms with Crippen LogP contribution in [0.4, 0.5) is 0 Å². The van der Waals surface area contributed by atoms with Crippen molar-refractivity contribution >= 4 is 17.9 Å². The van der Waals surface area contributed by atoms with Crippen molar-refractivity contribution in [2.75, 3.05) is 19.8 Å². The molecule has 1 saturated carbocycles. The summed E-state index contributed by atoms with van der Waals surface area (Å²) in [6, 6.07) is 0. The van der Waals surface area contributed by atoms with Gasteiger partial charge in [-0.2, -0.15) is 0 Å². The Labute approximate surface area is 231 Å². The van der Waals surface area contributed by atoms with E-state index in [1.807, 2.05) is 19.9 Å². The van der Waals surface area contributed by atoms with Gasteiger partial charge in [0.15, 0.2) is 6.10 Å². The fourth-order valence-electron chi connectivity index (χ4n) is 8.05. The van der Waals surface area contributed by atoms with Gasteiger partial charge in [-0.3, -0.25) is 4.79 Å². The molecule has 0 aromatic rings. The number of rotatable bonds is 1. The second-order valence-corrected chi connectivity index (χ2v) is 12.3. The van der Waals surface area contributed by atoms with E-state index in [1.54, 1.807) is 12.2 Å². The number of hydrogen-bond acceptors (Lipinski definition) is 11. The van der Waals surface area contributed by atoms with E-state index in [0.717, 1.165) is 5.57 Å². The van der Waals surface area contributed by atoms with E-state index in [1.165, 1.54) is 13.0 Å². The number of allylic oxidation sites excluding steroid dienone is 2. The highest BCUT2D eigenvalue weighted by Crippen LogP contribution is 2.72. The van der Waals surface area contributed by atoms with Crippen molar-refractivity contribution in [1.82, 2.24) is 0 Å². The maximum Gasteiger partial charge on any atom is 0.338 e. The Kier molecular flexibility index (Phi) is 5.66. The lowest BCUT2D eigenvalue weighted by atomic mass is 9.51. The number of ether oxygens (including phenoxy) is 7. The molecule has 5 aliphatic heterocycles. The summed E-state index contributed by atoms with van der Waals surface area (Å²) in [6.07, 6.45) is 3.84. The fraction of sp³-hybridized carbons (Fsp3) is 0.690. The molecule has 7 aliphatic rings. The van der Waals surface area contributed by atoms with E-state index in [4.69, 9.17) is 33.2 Å². The number of cyclic esters (lactones) is 1. The Morgan fingerprint density at radius 1 is 1.18 bits per heavy atom. The second kappa shape index (κ2) is 8.64. The van der Waals surface area contributed by atoms with Gasteiger partial charge in [-0.15, -0.1) is 0 Å². The molecule has 5 heterocycles. The zero-order valence-corrected chi connectivity index (χ0v) is 22.8. The summed E-state index contributed by atoms with van der Waals surface area (Å²) >= 11 is 0. The Morgan fingerprint density at radius 3 is 2.73 bits per heavy atom. The predicted octanol–water partition coefficient (Wildman–Crippen LogP) is 1.42. The molecule has 4 bridgehead atoms. The highest BCUT2D eigenvalue weighted by molar-refractivity contribution is 5.82. The van der Waals surface area contributed by atoms with Crippen LogP contribution in [-0.2, 0) is 47.5 Å². The molecule has 1 unspecified atom stereocenters. The van der Waals surface area contributed by atoms with E-state index in [2.05, 4.69) is 0 Å². The molecule has 7 rings (SSSR count). The van der Waals surface area contributed by atoms with Crippen LogP contribution in [0.1, 0.15) is 46.5 Å². The summed E-state index contributed by atoms with van der Waals surface area (Å²) in [5.74, 6) is -1.25. The molecule has 3 spiro atoms. The first-order chi connectivity index (χ1) is 19.1. The fourth-order valence-corrected chi connectivity index (χ4v) is 8.05. The number of aliphatic hydroxyl groups excluding tert-OH is 1. The van der Waals surface area contributed by atoms with Crippen LogP contribution < -0.4 is 0 Å². The maximum atomic E-state index is 13.5. The average Bonchev–Trinajstić information content (AvgIpc) is 3.81. The molecule has 11 heteroatoms. The van der Waals surface area contributed by atoms with Crippen LogP contribution >= 0.6 is 0 Å². The van der Waals surface area contributed by atoms with Crippen LogP contribution in [0.3, 0.4) is 0 Å². The molecule has 0 radical (unpaired) electrons. The molecule has 2 aliphatic carbocycles. The van der Waals surface area contributed by atoms with Gasteiger partial charge in [-0.25, -0.2) is 9.59 Å². The quantitative estimate of drug-likeness (QED) is 0.216. The van der Waals surface area contributed by atoms with Crippen LogP contribution in [0.15, 0.2) is 35.6 Å². The molecule has 11 nitrogen and oxygen atoms in total. The smallest absolute Gasteiger partial charge is 0.338 e. The molecular weight excluding hydrogens is 524 g/mol. The topological polar surface area (TPSA) is 143 Å². The number of fused-ring (bicyclic) bond motifs is 1. The lowest BCUT2D eigenvalue weighted by Crippen LogP contribution is -2.68. The SMILES string of the molecule is CC(=O)O[C@H]1C[C@@]23COC(=O)[C@H]4O[C@@]45CCO/C(=C\C/C=C\C(=O)O[C@@H]4C[C@@H](O[C@@H]2C=C1C)C1(CO1)[C@]43C)[C@@H]5O. The lowest BCUT2D eigenvalue weighted by molar-refractivity contribution is -0.240. The first kappa shape index (κ1) is 26.2. The Bertz CT molecular complexity index is 1250. The number of esters is 3. The number of epoxide rings is 2. The van der Waals surface area contributed by atoms with Crippen molar-refractivity contribution < 1.29 is 52.6 Å². The first-order valence-corrected chi connectivity index (χ1v) is 13.9. The largest absolute Gasteiger partial charge is 0.495 e. The van der Waals surface area contributed by atoms with Gasteiger partial charge in [0.2, 0.25) is 0 Å². The van der Waals surface area contributed by atoms with Gasteiger partial charge < -0.3 is 38.3 Å². The van der Waals surface area contributed by atoms with Gasteiger partial charge in [0, 0.05) is 32.3 Å². The zero-order valence-electron chi connectivity index (χ0n) is 22.8. The highest BCUT2D eigenvalue weighted by Gasteiger charge is 2.83. The number of carbonyl (C=O) groups excluding carboxylic acids is 3. The Morgan fingerprint density at radius 2 is 1.98 bits per heavy atom. The minimum absolute atomic E-state index is 0.110. The van der Waals surface area contributed by atoms with E-state index >= 15 is 0 Å². The van der Waals surface area contributed by atoms with Crippen LogP contribution in [0.5, 0.6) is 0 Å². The summed E-state index contributed by atoms with van der Waals surface area (Å²) in [5, 5.41) is 11.0. The molecule has 216 valence electrons. The van der Waals surface area contributed by atoms with Crippen LogP contribution in [0.2, 0.25) is 0 Å². The van der Waals surface area contributed by atoms with Gasteiger partial charge in [-0.05, 0) is 25.0 Å². The van der Waals surface area contributed by atoms with E-state index in [0.29, 0.717) is 31.6 Å². The normalized spacial score (nSPS) is 51.0. The molecule has 40 heavy (non-hydrogen) atoms. The third-order valence-electron chi connectivity index (χ3n) is 10.5. The van der Waals surface area contributed by atoms with Crippen LogP contribution in [-0.4, -0.2) is 90.7 Å². The van der Waals surface area contributed by atoms with Gasteiger partial charge in [-0.1, -0.05) is 19.1 Å². The summed E-state index contributed by atoms with van der Waals surface area (Å²) in [4.78, 5) is 38.6. The Balaban J connectivity index is 1.31. The van der Waals surface area contributed by atoms with Crippen molar-refractivity contribution in [3.8, 4) is 0 Å². The lowest BCUT2D eigenvalue weighted by Gasteiger charge is -2.59. The monoisotopic (exact) mass is 558 g/mol. The van der Waals surface area contributed by atoms with Crippen molar-refractivity contribution in [2.45, 2.75) is 94.3 Å². The molecule has 4 saturated heterocycles. The summed E-state index contributed by atoms with van der Waals surface area (Å²) in [5.41, 5.74) is -2.81. The van der Waals surface area contributed by atoms with Gasteiger partial charge >= 0.3 is 17.9 Å². The van der Waals surface area contributed by atoms with E-state index in [9.17, 15) is 19.5 Å². The molecule has 1 N–H and O–H groups in total. The first-order valence-electron chi connectivity index (χ1n) is 13.9. The van der Waals surface area contributed by atoms with Crippen molar-refractivity contribution in [3.63, 3.8) is 0 Å². The van der Waals surface area contributed by atoms with Crippen molar-refractivity contribution in [3.05, 3.63) is 35.6 Å². The number of hydrogen-bond donors (Lipinski definition) is 1. The predicted molar refractivity (Wildman–Crippen MR) is 133 cm³/mol. The van der Waals surface area contributed by atoms with Gasteiger partial charge in [0.1, 0.15) is 41.9 Å². The van der Waals surface area contributed by atoms with E-state index < -0.39 is 70.5 Å². The molecule has 10 atom stereocenters. The van der Waals surface area contributed by atoms with Crippen molar-refractivity contribution in [2.24, 2.45) is 10.8 Å². The molecule has 0 amide bonds. The molecule has 0 aromatic carbocycles. The van der Waals surface area contributed by atoms with Gasteiger partial charge in [0.05, 0.1) is 36.3 Å². The summed E-state index contributed by atoms with van der Waals surface area (Å²) < 4.78 is 42.1.